The van der Waals surface area contributed by atoms with Crippen LogP contribution in [0.2, 0.25) is 0 Å². The van der Waals surface area contributed by atoms with E-state index >= 15 is 0 Å². The van der Waals surface area contributed by atoms with Gasteiger partial charge in [0.25, 0.3) is 0 Å². The molecule has 0 radical (unpaired) electrons. The van der Waals surface area contributed by atoms with Gasteiger partial charge in [0.2, 0.25) is 0 Å². The molecule has 9 nitrogen and oxygen atoms in total. The molecular weight excluding hydrogens is 392 g/mol. The average molecular weight is 412 g/mol. The summed E-state index contributed by atoms with van der Waals surface area (Å²) in [4.78, 5) is 38.5. The van der Waals surface area contributed by atoms with Gasteiger partial charge in [-0.3, -0.25) is 0 Å². The van der Waals surface area contributed by atoms with E-state index in [1.54, 1.807) is 18.1 Å². The molecule has 0 bridgehead atoms. The van der Waals surface area contributed by atoms with Crippen LogP contribution in [0.4, 0.5) is 0 Å². The van der Waals surface area contributed by atoms with Crippen LogP contribution in [0.25, 0.3) is 10.9 Å². The number of benzene rings is 1. The Morgan fingerprint density at radius 3 is 2.27 bits per heavy atom. The Morgan fingerprint density at radius 1 is 1.07 bits per heavy atom. The van der Waals surface area contributed by atoms with Crippen molar-refractivity contribution in [1.29, 1.82) is 0 Å². The first kappa shape index (κ1) is 20.7. The second-order valence-electron chi connectivity index (χ2n) is 6.66. The highest BCUT2D eigenvalue weighted by atomic mass is 16.5. The predicted octanol–water partition coefficient (Wildman–Crippen LogP) is 2.11. The van der Waals surface area contributed by atoms with Crippen LogP contribution in [-0.2, 0) is 26.3 Å². The van der Waals surface area contributed by atoms with Crippen LogP contribution in [0.15, 0.2) is 54.8 Å². The number of hydrogen-bond acceptors (Lipinski definition) is 5. The summed E-state index contributed by atoms with van der Waals surface area (Å²) in [5, 5.41) is 28.3. The number of rotatable bonds is 7. The number of ether oxygens (including phenoxy) is 1. The highest BCUT2D eigenvalue weighted by Crippen LogP contribution is 2.42. The van der Waals surface area contributed by atoms with Crippen LogP contribution < -0.4 is 4.74 Å². The topological polar surface area (TPSA) is 140 Å². The van der Waals surface area contributed by atoms with Gasteiger partial charge in [-0.15, -0.1) is 0 Å². The minimum atomic E-state index is -1.34. The molecule has 0 amide bonds. The highest BCUT2D eigenvalue weighted by molar-refractivity contribution is 5.88. The lowest BCUT2D eigenvalue weighted by Gasteiger charge is -2.43. The van der Waals surface area contributed by atoms with Gasteiger partial charge in [-0.05, 0) is 42.3 Å². The number of carbonyl (C=O) groups is 3. The van der Waals surface area contributed by atoms with Crippen LogP contribution in [-0.4, -0.2) is 56.8 Å². The van der Waals surface area contributed by atoms with Gasteiger partial charge < -0.3 is 29.9 Å². The van der Waals surface area contributed by atoms with E-state index in [1.165, 1.54) is 18.4 Å². The molecule has 30 heavy (non-hydrogen) atoms. The second-order valence-corrected chi connectivity index (χ2v) is 6.66. The number of nitrogens with one attached hydrogen (secondary N) is 1. The Hall–Kier alpha value is -4.01. The predicted molar refractivity (Wildman–Crippen MR) is 107 cm³/mol. The van der Waals surface area contributed by atoms with Crippen LogP contribution in [0.3, 0.4) is 0 Å². The summed E-state index contributed by atoms with van der Waals surface area (Å²) in [5.74, 6) is -2.97. The lowest BCUT2D eigenvalue weighted by Crippen LogP contribution is -2.45. The number of nitrogens with zero attached hydrogens (tertiary/aromatic N) is 1. The molecule has 0 saturated heterocycles. The van der Waals surface area contributed by atoms with Crippen molar-refractivity contribution in [2.45, 2.75) is 12.0 Å². The maximum atomic E-state index is 11.3. The maximum absolute atomic E-state index is 11.3. The number of carboxylic acids is 3. The number of aromatic amines is 1. The zero-order chi connectivity index (χ0) is 21.9. The molecule has 0 unspecified atom stereocenters. The van der Waals surface area contributed by atoms with E-state index in [-0.39, 0.29) is 0 Å². The second kappa shape index (κ2) is 8.16. The van der Waals surface area contributed by atoms with Crippen molar-refractivity contribution in [3.05, 3.63) is 66.0 Å². The van der Waals surface area contributed by atoms with E-state index in [1.807, 2.05) is 12.1 Å². The van der Waals surface area contributed by atoms with E-state index in [0.717, 1.165) is 34.7 Å². The van der Waals surface area contributed by atoms with E-state index in [9.17, 15) is 24.6 Å². The third kappa shape index (κ3) is 3.90. The largest absolute Gasteiger partial charge is 0.497 e. The molecule has 9 heteroatoms. The normalized spacial score (nSPS) is 19.0. The Balaban J connectivity index is 2.31. The number of carboxylic acid groups (broad SMARTS) is 3. The minimum absolute atomic E-state index is 0.328. The Bertz CT molecular complexity index is 1070. The van der Waals surface area contributed by atoms with E-state index in [4.69, 9.17) is 9.84 Å². The fourth-order valence-electron chi connectivity index (χ4n) is 3.68. The first-order valence-electron chi connectivity index (χ1n) is 8.98. The van der Waals surface area contributed by atoms with Gasteiger partial charge in [0.1, 0.15) is 11.3 Å². The molecule has 1 aliphatic heterocycles. The zero-order valence-corrected chi connectivity index (χ0v) is 16.0. The monoisotopic (exact) mass is 412 g/mol. The summed E-state index contributed by atoms with van der Waals surface area (Å²) in [7, 11) is 1.55. The van der Waals surface area contributed by atoms with Gasteiger partial charge in [-0.1, -0.05) is 0 Å². The van der Waals surface area contributed by atoms with Crippen LogP contribution in [0.1, 0.15) is 11.3 Å². The number of methoxy groups -OCH3 is 1. The third-order valence-corrected chi connectivity index (χ3v) is 4.95. The molecule has 3 rings (SSSR count). The molecule has 2 aromatic rings. The lowest BCUT2D eigenvalue weighted by molar-refractivity contribution is -0.132. The number of aliphatic carboxylic acids is 3. The number of H-pyrrole nitrogens is 1. The van der Waals surface area contributed by atoms with Crippen LogP contribution in [0.5, 0.6) is 5.75 Å². The molecule has 4 N–H and O–H groups in total. The van der Waals surface area contributed by atoms with Crippen molar-refractivity contribution >= 4 is 28.8 Å². The standard InChI is InChI=1S/C21H20N2O7/c1-30-13-2-3-16-15(12-13)14-6-10-23(11-7-19(28)29)21(20(14)22-16,8-4-17(24)25)9-5-18(26)27/h2-5,7-9,11-12,22H,6,10H2,1H3,(H,24,25)(H,26,27)(H,28,29). The van der Waals surface area contributed by atoms with Crippen molar-refractivity contribution in [2.24, 2.45) is 0 Å². The molecule has 1 aromatic heterocycles. The molecule has 0 atom stereocenters. The molecule has 1 aliphatic rings. The van der Waals surface area contributed by atoms with Crippen molar-refractivity contribution in [2.75, 3.05) is 13.7 Å². The van der Waals surface area contributed by atoms with Crippen LogP contribution >= 0.6 is 0 Å². The Morgan fingerprint density at radius 2 is 1.70 bits per heavy atom. The maximum Gasteiger partial charge on any atom is 0.329 e. The first-order valence-corrected chi connectivity index (χ1v) is 8.98. The molecule has 0 spiro atoms. The first-order chi connectivity index (χ1) is 14.3. The van der Waals surface area contributed by atoms with Crippen molar-refractivity contribution in [1.82, 2.24) is 9.88 Å². The van der Waals surface area contributed by atoms with Crippen molar-refractivity contribution in [3.8, 4) is 5.75 Å². The Kier molecular flexibility index (Phi) is 5.63. The van der Waals surface area contributed by atoms with Crippen molar-refractivity contribution in [3.63, 3.8) is 0 Å². The zero-order valence-electron chi connectivity index (χ0n) is 16.0. The van der Waals surface area contributed by atoms with Gasteiger partial charge in [0.15, 0.2) is 0 Å². The van der Waals surface area contributed by atoms with E-state index in [2.05, 4.69) is 4.98 Å². The highest BCUT2D eigenvalue weighted by Gasteiger charge is 2.40. The quantitative estimate of drug-likeness (QED) is 0.507. The number of aromatic nitrogens is 1. The molecular formula is C21H20N2O7. The lowest BCUT2D eigenvalue weighted by atomic mass is 9.84. The summed E-state index contributed by atoms with van der Waals surface area (Å²) >= 11 is 0. The van der Waals surface area contributed by atoms with Crippen LogP contribution in [0, 0.1) is 0 Å². The summed E-state index contributed by atoms with van der Waals surface area (Å²) in [6, 6.07) is 5.44. The molecule has 0 saturated carbocycles. The third-order valence-electron chi connectivity index (χ3n) is 4.95. The molecule has 0 fully saturated rings. The summed E-state index contributed by atoms with van der Waals surface area (Å²) < 4.78 is 5.29. The van der Waals surface area contributed by atoms with Gasteiger partial charge in [-0.2, -0.15) is 0 Å². The van der Waals surface area contributed by atoms with Gasteiger partial charge in [0.05, 0.1) is 12.8 Å². The van der Waals surface area contributed by atoms with Crippen molar-refractivity contribution < 1.29 is 34.4 Å². The summed E-state index contributed by atoms with van der Waals surface area (Å²) in [6.07, 6.45) is 7.27. The molecule has 1 aromatic carbocycles. The summed E-state index contributed by atoms with van der Waals surface area (Å²) in [6.45, 7) is 0.328. The SMILES string of the molecule is COc1ccc2[nH]c3c(c2c1)CCN(C=CC(=O)O)C3(C=CC(=O)O)C=CC(=O)O. The molecule has 0 aliphatic carbocycles. The Labute approximate surface area is 171 Å². The van der Waals surface area contributed by atoms with E-state index in [0.29, 0.717) is 24.4 Å². The van der Waals surface area contributed by atoms with Gasteiger partial charge in [0, 0.05) is 41.9 Å². The average Bonchev–Trinajstić information content (AvgIpc) is 3.08. The fraction of sp³-hybridized carbons (Fsp3) is 0.190. The fourth-order valence-corrected chi connectivity index (χ4v) is 3.68. The summed E-state index contributed by atoms with van der Waals surface area (Å²) in [5.41, 5.74) is 0.848. The van der Waals surface area contributed by atoms with Gasteiger partial charge >= 0.3 is 17.9 Å². The smallest absolute Gasteiger partial charge is 0.329 e. The molecule has 156 valence electrons. The van der Waals surface area contributed by atoms with Gasteiger partial charge in [-0.25, -0.2) is 14.4 Å². The number of hydrogen-bond donors (Lipinski definition) is 4. The minimum Gasteiger partial charge on any atom is -0.497 e. The van der Waals surface area contributed by atoms with E-state index < -0.39 is 23.4 Å². The number of fused-ring (bicyclic) bond motifs is 3. The molecule has 2 heterocycles.